The Hall–Kier alpha value is -0.900. The van der Waals surface area contributed by atoms with Crippen molar-refractivity contribution in [3.05, 3.63) is 28.0 Å². The molecule has 0 unspecified atom stereocenters. The maximum Gasteiger partial charge on any atom is 0.164 e. The molecule has 2 nitrogen and oxygen atoms in total. The third-order valence-electron chi connectivity index (χ3n) is 1.72. The van der Waals surface area contributed by atoms with Crippen molar-refractivity contribution in [3.8, 4) is 0 Å². The summed E-state index contributed by atoms with van der Waals surface area (Å²) in [7, 11) is 1.65. The highest BCUT2D eigenvalue weighted by Gasteiger charge is 2.14. The Balaban J connectivity index is 3.41. The zero-order valence-corrected chi connectivity index (χ0v) is 8.90. The number of halogens is 2. The molecular weight excluding hydrogens is 237 g/mol. The third kappa shape index (κ3) is 1.88. The fourth-order valence-electron chi connectivity index (χ4n) is 1.10. The molecule has 0 heterocycles. The molecule has 0 saturated heterocycles. The van der Waals surface area contributed by atoms with Crippen molar-refractivity contribution in [2.45, 2.75) is 6.92 Å². The summed E-state index contributed by atoms with van der Waals surface area (Å²) in [6.07, 6.45) is 0. The summed E-state index contributed by atoms with van der Waals surface area (Å²) in [5.41, 5.74) is 0.602. The van der Waals surface area contributed by atoms with Crippen molar-refractivity contribution in [2.24, 2.45) is 0 Å². The predicted octanol–water partition coefficient (Wildman–Crippen LogP) is 2.83. The standard InChI is InChI=1S/C9H9BrFNO/c1-5(13)8-7(12-2)4-3-6(10)9(8)11/h3-4,12H,1-2H3. The number of rotatable bonds is 2. The second-order valence-electron chi connectivity index (χ2n) is 2.59. The number of benzene rings is 1. The van der Waals surface area contributed by atoms with E-state index in [2.05, 4.69) is 21.2 Å². The summed E-state index contributed by atoms with van der Waals surface area (Å²) in [6.45, 7) is 1.34. The van der Waals surface area contributed by atoms with Crippen LogP contribution in [0.1, 0.15) is 17.3 Å². The predicted molar refractivity (Wildman–Crippen MR) is 53.7 cm³/mol. The van der Waals surface area contributed by atoms with Gasteiger partial charge in [0.1, 0.15) is 5.82 Å². The largest absolute Gasteiger partial charge is 0.387 e. The maximum atomic E-state index is 13.4. The SMILES string of the molecule is CNc1ccc(Br)c(F)c1C(C)=O. The number of ketones is 1. The van der Waals surface area contributed by atoms with Gasteiger partial charge in [-0.05, 0) is 35.0 Å². The first-order chi connectivity index (χ1) is 6.07. The minimum absolute atomic E-state index is 0.0943. The van der Waals surface area contributed by atoms with Gasteiger partial charge in [-0.1, -0.05) is 0 Å². The van der Waals surface area contributed by atoms with Gasteiger partial charge in [0.05, 0.1) is 10.0 Å². The van der Waals surface area contributed by atoms with E-state index in [1.54, 1.807) is 19.2 Å². The molecule has 0 amide bonds. The van der Waals surface area contributed by atoms with Crippen LogP contribution < -0.4 is 5.32 Å². The van der Waals surface area contributed by atoms with Gasteiger partial charge < -0.3 is 5.32 Å². The first-order valence-electron chi connectivity index (χ1n) is 3.74. The molecule has 1 aromatic rings. The van der Waals surface area contributed by atoms with E-state index in [1.165, 1.54) is 6.92 Å². The highest BCUT2D eigenvalue weighted by Crippen LogP contribution is 2.25. The van der Waals surface area contributed by atoms with Gasteiger partial charge in [0.25, 0.3) is 0 Å². The van der Waals surface area contributed by atoms with Crippen LogP contribution in [-0.4, -0.2) is 12.8 Å². The maximum absolute atomic E-state index is 13.4. The number of carbonyl (C=O) groups is 1. The second kappa shape index (κ2) is 3.87. The molecule has 0 fully saturated rings. The lowest BCUT2D eigenvalue weighted by molar-refractivity contribution is 0.101. The van der Waals surface area contributed by atoms with Crippen LogP contribution in [0.5, 0.6) is 0 Å². The Morgan fingerprint density at radius 1 is 1.54 bits per heavy atom. The van der Waals surface area contributed by atoms with E-state index in [-0.39, 0.29) is 11.3 Å². The van der Waals surface area contributed by atoms with Gasteiger partial charge in [0, 0.05) is 12.7 Å². The number of Topliss-reactive ketones (excluding diaryl/α,β-unsaturated/α-hetero) is 1. The van der Waals surface area contributed by atoms with Crippen molar-refractivity contribution >= 4 is 27.4 Å². The molecule has 0 aliphatic heterocycles. The molecule has 0 atom stereocenters. The van der Waals surface area contributed by atoms with Gasteiger partial charge in [-0.3, -0.25) is 4.79 Å². The Labute approximate surface area is 84.3 Å². The minimum atomic E-state index is -0.514. The summed E-state index contributed by atoms with van der Waals surface area (Å²) in [4.78, 5) is 11.1. The number of hydrogen-bond donors (Lipinski definition) is 1. The first kappa shape index (κ1) is 10.2. The fourth-order valence-corrected chi connectivity index (χ4v) is 1.43. The lowest BCUT2D eigenvalue weighted by Gasteiger charge is -2.07. The molecule has 1 rings (SSSR count). The molecule has 0 saturated carbocycles. The molecule has 0 spiro atoms. The quantitative estimate of drug-likeness (QED) is 0.813. The van der Waals surface area contributed by atoms with Crippen molar-refractivity contribution in [2.75, 3.05) is 12.4 Å². The number of anilines is 1. The van der Waals surface area contributed by atoms with Gasteiger partial charge in [-0.2, -0.15) is 0 Å². The minimum Gasteiger partial charge on any atom is -0.387 e. The van der Waals surface area contributed by atoms with Crippen LogP contribution in [0.25, 0.3) is 0 Å². The van der Waals surface area contributed by atoms with E-state index in [4.69, 9.17) is 0 Å². The molecule has 13 heavy (non-hydrogen) atoms. The molecule has 70 valence electrons. The normalized spacial score (nSPS) is 9.85. The van der Waals surface area contributed by atoms with Gasteiger partial charge >= 0.3 is 0 Å². The molecule has 0 radical (unpaired) electrons. The first-order valence-corrected chi connectivity index (χ1v) is 4.54. The average Bonchev–Trinajstić information content (AvgIpc) is 2.08. The van der Waals surface area contributed by atoms with Crippen LogP contribution in [0.15, 0.2) is 16.6 Å². The van der Waals surface area contributed by atoms with Crippen molar-refractivity contribution in [3.63, 3.8) is 0 Å². The zero-order chi connectivity index (χ0) is 10.0. The molecular formula is C9H9BrFNO. The second-order valence-corrected chi connectivity index (χ2v) is 3.44. The number of nitrogens with one attached hydrogen (secondary N) is 1. The van der Waals surface area contributed by atoms with Crippen molar-refractivity contribution in [1.29, 1.82) is 0 Å². The Morgan fingerprint density at radius 3 is 2.62 bits per heavy atom. The third-order valence-corrected chi connectivity index (χ3v) is 2.33. The lowest BCUT2D eigenvalue weighted by atomic mass is 10.1. The molecule has 1 N–H and O–H groups in total. The Morgan fingerprint density at radius 2 is 2.15 bits per heavy atom. The molecule has 4 heteroatoms. The summed E-state index contributed by atoms with van der Waals surface area (Å²) in [5, 5.41) is 2.76. The van der Waals surface area contributed by atoms with E-state index in [1.807, 2.05) is 0 Å². The molecule has 1 aromatic carbocycles. The van der Waals surface area contributed by atoms with E-state index in [0.29, 0.717) is 10.2 Å². The van der Waals surface area contributed by atoms with Crippen LogP contribution in [0.4, 0.5) is 10.1 Å². The smallest absolute Gasteiger partial charge is 0.164 e. The Bertz CT molecular complexity index is 352. The van der Waals surface area contributed by atoms with Crippen LogP contribution in [-0.2, 0) is 0 Å². The monoisotopic (exact) mass is 245 g/mol. The highest BCUT2D eigenvalue weighted by molar-refractivity contribution is 9.10. The van der Waals surface area contributed by atoms with E-state index < -0.39 is 5.82 Å². The van der Waals surface area contributed by atoms with E-state index >= 15 is 0 Å². The Kier molecular flexibility index (Phi) is 3.03. The van der Waals surface area contributed by atoms with Gasteiger partial charge in [-0.25, -0.2) is 4.39 Å². The molecule has 0 aromatic heterocycles. The van der Waals surface area contributed by atoms with Crippen molar-refractivity contribution < 1.29 is 9.18 Å². The average molecular weight is 246 g/mol. The van der Waals surface area contributed by atoms with Crippen LogP contribution in [0.2, 0.25) is 0 Å². The van der Waals surface area contributed by atoms with Gasteiger partial charge in [-0.15, -0.1) is 0 Å². The summed E-state index contributed by atoms with van der Waals surface area (Å²) in [6, 6.07) is 3.22. The molecule has 0 bridgehead atoms. The molecule has 0 aliphatic rings. The fraction of sp³-hybridized carbons (Fsp3) is 0.222. The topological polar surface area (TPSA) is 29.1 Å². The van der Waals surface area contributed by atoms with Gasteiger partial charge in [0.15, 0.2) is 5.78 Å². The number of hydrogen-bond acceptors (Lipinski definition) is 2. The van der Waals surface area contributed by atoms with Crippen LogP contribution in [0.3, 0.4) is 0 Å². The molecule has 0 aliphatic carbocycles. The number of carbonyl (C=O) groups excluding carboxylic acids is 1. The highest BCUT2D eigenvalue weighted by atomic mass is 79.9. The van der Waals surface area contributed by atoms with Crippen molar-refractivity contribution in [1.82, 2.24) is 0 Å². The summed E-state index contributed by atoms with van der Waals surface area (Å²) < 4.78 is 13.7. The van der Waals surface area contributed by atoms with E-state index in [0.717, 1.165) is 0 Å². The van der Waals surface area contributed by atoms with E-state index in [9.17, 15) is 9.18 Å². The zero-order valence-electron chi connectivity index (χ0n) is 7.32. The van der Waals surface area contributed by atoms with Gasteiger partial charge in [0.2, 0.25) is 0 Å². The van der Waals surface area contributed by atoms with Crippen LogP contribution >= 0.6 is 15.9 Å². The summed E-state index contributed by atoms with van der Waals surface area (Å²) in [5.74, 6) is -0.803. The van der Waals surface area contributed by atoms with Crippen LogP contribution in [0, 0.1) is 5.82 Å². The lowest BCUT2D eigenvalue weighted by Crippen LogP contribution is -2.04. The summed E-state index contributed by atoms with van der Waals surface area (Å²) >= 11 is 3.02.